The normalized spacial score (nSPS) is 12.2. The maximum atomic E-state index is 10.4. The van der Waals surface area contributed by atoms with Gasteiger partial charge in [0, 0.05) is 43.5 Å². The van der Waals surface area contributed by atoms with Gasteiger partial charge in [-0.25, -0.2) is 0 Å². The number of anilines is 2. The lowest BCUT2D eigenvalue weighted by Crippen LogP contribution is -2.33. The second kappa shape index (κ2) is 11.0. The minimum absolute atomic E-state index is 0.0865. The Hall–Kier alpha value is -2.61. The minimum atomic E-state index is -0.614. The van der Waals surface area contributed by atoms with E-state index in [1.807, 2.05) is 66.8 Å². The average Bonchev–Trinajstić information content (AvgIpc) is 3.32. The third-order valence-electron chi connectivity index (χ3n) is 5.28. The fourth-order valence-electron chi connectivity index (χ4n) is 3.22. The number of thiocarbonyl (C=S) groups is 1. The Morgan fingerprint density at radius 3 is 2.39 bits per heavy atom. The molecule has 0 radical (unpaired) electrons. The summed E-state index contributed by atoms with van der Waals surface area (Å²) in [7, 11) is 3.81. The predicted octanol–water partition coefficient (Wildman–Crippen LogP) is 5.72. The zero-order valence-electron chi connectivity index (χ0n) is 19.8. The first kappa shape index (κ1) is 25.0. The summed E-state index contributed by atoms with van der Waals surface area (Å²) in [6.45, 7) is 7.22. The van der Waals surface area contributed by atoms with Crippen molar-refractivity contribution < 1.29 is 14.6 Å². The third-order valence-corrected chi connectivity index (χ3v) is 6.31. The van der Waals surface area contributed by atoms with Crippen molar-refractivity contribution in [3.8, 4) is 11.5 Å². The maximum Gasteiger partial charge on any atom is 0.269 e. The Morgan fingerprint density at radius 2 is 1.76 bits per heavy atom. The molecule has 1 N–H and O–H groups in total. The molecule has 176 valence electrons. The molecule has 1 unspecified atom stereocenters. The molecule has 33 heavy (non-hydrogen) atoms. The van der Waals surface area contributed by atoms with Crippen LogP contribution in [0.3, 0.4) is 0 Å². The lowest BCUT2D eigenvalue weighted by atomic mass is 9.87. The molecule has 0 fully saturated rings. The molecule has 0 amide bonds. The van der Waals surface area contributed by atoms with Crippen LogP contribution >= 0.6 is 23.6 Å². The van der Waals surface area contributed by atoms with Gasteiger partial charge in [-0.15, -0.1) is 0 Å². The molecular weight excluding hydrogens is 452 g/mol. The van der Waals surface area contributed by atoms with E-state index in [0.29, 0.717) is 23.2 Å². The average molecular weight is 485 g/mol. The monoisotopic (exact) mass is 484 g/mol. The molecule has 0 aliphatic rings. The number of rotatable bonds is 8. The summed E-state index contributed by atoms with van der Waals surface area (Å²) in [4.78, 5) is 3.80. The second-order valence-corrected chi connectivity index (χ2v) is 10.2. The number of aliphatic hydroxyl groups excluding tert-OH is 1. The number of thiophene rings is 1. The first-order chi connectivity index (χ1) is 15.6. The molecule has 0 bridgehead atoms. The van der Waals surface area contributed by atoms with Gasteiger partial charge in [0.1, 0.15) is 24.2 Å². The van der Waals surface area contributed by atoms with Crippen molar-refractivity contribution in [3.63, 3.8) is 0 Å². The van der Waals surface area contributed by atoms with E-state index in [4.69, 9.17) is 21.7 Å². The van der Waals surface area contributed by atoms with Crippen LogP contribution in [0, 0.1) is 0 Å². The molecule has 0 spiro atoms. The fraction of sp³-hybridized carbons (Fsp3) is 0.346. The number of aliphatic hydroxyl groups is 1. The van der Waals surface area contributed by atoms with Crippen molar-refractivity contribution in [2.24, 2.45) is 0 Å². The van der Waals surface area contributed by atoms with Crippen LogP contribution in [0.5, 0.6) is 11.5 Å². The van der Waals surface area contributed by atoms with Gasteiger partial charge in [0.05, 0.1) is 0 Å². The van der Waals surface area contributed by atoms with Gasteiger partial charge in [-0.3, -0.25) is 0 Å². The molecule has 5 nitrogen and oxygen atoms in total. The zero-order chi connectivity index (χ0) is 24.0. The number of likely N-dealkylation sites (N-methyl/N-ethyl adjacent to an activating group) is 1. The summed E-state index contributed by atoms with van der Waals surface area (Å²) in [6, 6.07) is 17.6. The Labute approximate surface area is 206 Å². The van der Waals surface area contributed by atoms with E-state index in [-0.39, 0.29) is 12.0 Å². The van der Waals surface area contributed by atoms with Crippen molar-refractivity contribution >= 4 is 40.1 Å². The van der Waals surface area contributed by atoms with Crippen molar-refractivity contribution in [2.45, 2.75) is 32.3 Å². The SMILES string of the molecule is CN(CC(O)COc1cccc(N(C)C(=S)Oc2ccc(C(C)(C)C)cc2)c1)c1ccsc1. The Bertz CT molecular complexity index is 1030. The van der Waals surface area contributed by atoms with Crippen molar-refractivity contribution in [1.29, 1.82) is 0 Å². The van der Waals surface area contributed by atoms with Gasteiger partial charge in [0.2, 0.25) is 0 Å². The first-order valence-electron chi connectivity index (χ1n) is 10.8. The first-order valence-corrected chi connectivity index (χ1v) is 12.2. The van der Waals surface area contributed by atoms with Crippen molar-refractivity contribution in [3.05, 3.63) is 70.9 Å². The van der Waals surface area contributed by atoms with Gasteiger partial charge >= 0.3 is 0 Å². The molecule has 1 heterocycles. The number of hydrogen-bond donors (Lipinski definition) is 1. The summed E-state index contributed by atoms with van der Waals surface area (Å²) in [6.07, 6.45) is -0.614. The van der Waals surface area contributed by atoms with Gasteiger partial charge in [-0.05, 0) is 58.9 Å². The lowest BCUT2D eigenvalue weighted by molar-refractivity contribution is 0.113. The smallest absolute Gasteiger partial charge is 0.269 e. The summed E-state index contributed by atoms with van der Waals surface area (Å²) in [5, 5.41) is 14.8. The Kier molecular flexibility index (Phi) is 8.35. The number of benzene rings is 2. The molecule has 3 rings (SSSR count). The van der Waals surface area contributed by atoms with Crippen LogP contribution in [0.2, 0.25) is 0 Å². The van der Waals surface area contributed by atoms with Crippen LogP contribution in [0.25, 0.3) is 0 Å². The van der Waals surface area contributed by atoms with Crippen LogP contribution in [-0.4, -0.2) is 43.6 Å². The van der Waals surface area contributed by atoms with E-state index in [2.05, 4.69) is 38.3 Å². The zero-order valence-corrected chi connectivity index (χ0v) is 21.5. The highest BCUT2D eigenvalue weighted by Gasteiger charge is 2.15. The van der Waals surface area contributed by atoms with E-state index in [1.165, 1.54) is 5.56 Å². The highest BCUT2D eigenvalue weighted by atomic mass is 32.1. The maximum absolute atomic E-state index is 10.4. The summed E-state index contributed by atoms with van der Waals surface area (Å²) < 4.78 is 11.7. The van der Waals surface area contributed by atoms with Crippen molar-refractivity contribution in [1.82, 2.24) is 0 Å². The summed E-state index contributed by atoms with van der Waals surface area (Å²) in [5.41, 5.74) is 3.25. The Morgan fingerprint density at radius 1 is 1.03 bits per heavy atom. The van der Waals surface area contributed by atoms with Crippen LogP contribution in [0.15, 0.2) is 65.4 Å². The number of hydrogen-bond acceptors (Lipinski definition) is 6. The molecule has 0 saturated carbocycles. The standard InChI is InChI=1S/C26H32N2O3S2/c1-26(2,3)19-9-11-23(12-10-19)31-25(32)28(5)20-7-6-8-24(15-20)30-17-22(29)16-27(4)21-13-14-33-18-21/h6-15,18,22,29H,16-17H2,1-5H3. The fourth-order valence-corrected chi connectivity index (χ4v) is 4.12. The third kappa shape index (κ3) is 7.19. The van der Waals surface area contributed by atoms with E-state index < -0.39 is 6.10 Å². The van der Waals surface area contributed by atoms with Gasteiger partial charge < -0.3 is 24.4 Å². The van der Waals surface area contributed by atoms with Crippen LogP contribution in [0.4, 0.5) is 11.4 Å². The van der Waals surface area contributed by atoms with Gasteiger partial charge in [0.15, 0.2) is 0 Å². The Balaban J connectivity index is 1.55. The van der Waals surface area contributed by atoms with Gasteiger partial charge in [-0.2, -0.15) is 11.3 Å². The molecule has 2 aromatic carbocycles. The van der Waals surface area contributed by atoms with Gasteiger partial charge in [0.25, 0.3) is 5.17 Å². The molecule has 3 aromatic rings. The lowest BCUT2D eigenvalue weighted by Gasteiger charge is -2.23. The molecule has 0 aliphatic carbocycles. The molecule has 0 saturated heterocycles. The van der Waals surface area contributed by atoms with E-state index in [0.717, 1.165) is 11.4 Å². The van der Waals surface area contributed by atoms with Crippen LogP contribution in [0.1, 0.15) is 26.3 Å². The second-order valence-electron chi connectivity index (χ2n) is 9.03. The highest BCUT2D eigenvalue weighted by Crippen LogP contribution is 2.26. The molecule has 0 aliphatic heterocycles. The highest BCUT2D eigenvalue weighted by molar-refractivity contribution is 7.80. The quantitative estimate of drug-likeness (QED) is 0.413. The topological polar surface area (TPSA) is 45.2 Å². The largest absolute Gasteiger partial charge is 0.491 e. The number of ether oxygens (including phenoxy) is 2. The van der Waals surface area contributed by atoms with E-state index >= 15 is 0 Å². The predicted molar refractivity (Wildman–Crippen MR) is 142 cm³/mol. The molecule has 1 atom stereocenters. The van der Waals surface area contributed by atoms with Gasteiger partial charge in [-0.1, -0.05) is 39.0 Å². The molecule has 1 aromatic heterocycles. The number of nitrogens with zero attached hydrogens (tertiary/aromatic N) is 2. The summed E-state index contributed by atoms with van der Waals surface area (Å²) in [5.74, 6) is 1.36. The van der Waals surface area contributed by atoms with Crippen molar-refractivity contribution in [2.75, 3.05) is 37.0 Å². The minimum Gasteiger partial charge on any atom is -0.491 e. The molecule has 7 heteroatoms. The van der Waals surface area contributed by atoms with Crippen LogP contribution in [-0.2, 0) is 5.41 Å². The van der Waals surface area contributed by atoms with Crippen LogP contribution < -0.4 is 19.3 Å². The molecular formula is C26H32N2O3S2. The van der Waals surface area contributed by atoms with E-state index in [9.17, 15) is 5.11 Å². The summed E-state index contributed by atoms with van der Waals surface area (Å²) >= 11 is 7.13. The van der Waals surface area contributed by atoms with E-state index in [1.54, 1.807) is 16.2 Å².